The predicted octanol–water partition coefficient (Wildman–Crippen LogP) is 5.92. The second-order valence-corrected chi connectivity index (χ2v) is 6.94. The minimum atomic E-state index is 0.513. The van der Waals surface area contributed by atoms with E-state index in [4.69, 9.17) is 16.7 Å². The van der Waals surface area contributed by atoms with Crippen LogP contribution in [0.1, 0.15) is 25.3 Å². The van der Waals surface area contributed by atoms with Crippen LogP contribution < -0.4 is 5.32 Å². The summed E-state index contributed by atoms with van der Waals surface area (Å²) >= 11 is 6.38. The normalized spacial score (nSPS) is 11.2. The minimum Gasteiger partial charge on any atom is -0.340 e. The van der Waals surface area contributed by atoms with Gasteiger partial charge in [0.05, 0.1) is 16.2 Å². The number of anilines is 2. The molecular formula is C21H19ClN4. The number of hydrogen-bond donors (Lipinski definition) is 1. The molecule has 0 bridgehead atoms. The van der Waals surface area contributed by atoms with Crippen molar-refractivity contribution in [3.8, 4) is 11.3 Å². The Morgan fingerprint density at radius 3 is 2.54 bits per heavy atom. The smallest absolute Gasteiger partial charge is 0.132 e. The lowest BCUT2D eigenvalue weighted by molar-refractivity contribution is 0.867. The molecule has 0 aliphatic rings. The van der Waals surface area contributed by atoms with Gasteiger partial charge in [-0.05, 0) is 53.9 Å². The number of nitrogens with one attached hydrogen (secondary N) is 1. The van der Waals surface area contributed by atoms with Crippen LogP contribution in [0.25, 0.3) is 16.8 Å². The standard InChI is InChI=1S/C21H19ClN4/c1-14(2)15-5-7-17(8-6-15)24-21-10-9-18(22)20-12-19(25-26(20)21)16-4-3-11-23-13-16/h3-14,24H,1-2H3. The number of halogens is 1. The van der Waals surface area contributed by atoms with E-state index in [-0.39, 0.29) is 0 Å². The maximum Gasteiger partial charge on any atom is 0.132 e. The molecule has 3 aromatic heterocycles. The van der Waals surface area contributed by atoms with Crippen LogP contribution in [0.3, 0.4) is 0 Å². The number of benzene rings is 1. The van der Waals surface area contributed by atoms with Gasteiger partial charge < -0.3 is 5.32 Å². The summed E-state index contributed by atoms with van der Waals surface area (Å²) in [6, 6.07) is 18.1. The fourth-order valence-corrected chi connectivity index (χ4v) is 3.09. The lowest BCUT2D eigenvalue weighted by atomic mass is 10.0. The summed E-state index contributed by atoms with van der Waals surface area (Å²) in [7, 11) is 0. The number of pyridine rings is 2. The Bertz CT molecular complexity index is 1040. The SMILES string of the molecule is CC(C)c1ccc(Nc2ccc(Cl)c3cc(-c4cccnc4)nn23)cc1. The monoisotopic (exact) mass is 362 g/mol. The summed E-state index contributed by atoms with van der Waals surface area (Å²) in [6.07, 6.45) is 3.55. The molecule has 0 saturated carbocycles. The van der Waals surface area contributed by atoms with Crippen molar-refractivity contribution in [2.24, 2.45) is 0 Å². The van der Waals surface area contributed by atoms with Crippen molar-refractivity contribution in [2.75, 3.05) is 5.32 Å². The largest absolute Gasteiger partial charge is 0.340 e. The van der Waals surface area contributed by atoms with E-state index in [0.29, 0.717) is 10.9 Å². The summed E-state index contributed by atoms with van der Waals surface area (Å²) < 4.78 is 1.83. The molecule has 1 N–H and O–H groups in total. The highest BCUT2D eigenvalue weighted by Gasteiger charge is 2.11. The first-order chi connectivity index (χ1) is 12.6. The van der Waals surface area contributed by atoms with E-state index in [1.807, 2.05) is 34.8 Å². The molecule has 0 saturated heterocycles. The molecule has 0 unspecified atom stereocenters. The van der Waals surface area contributed by atoms with Crippen molar-refractivity contribution < 1.29 is 0 Å². The maximum atomic E-state index is 6.38. The van der Waals surface area contributed by atoms with Gasteiger partial charge in [0.15, 0.2) is 0 Å². The van der Waals surface area contributed by atoms with E-state index in [2.05, 4.69) is 48.4 Å². The summed E-state index contributed by atoms with van der Waals surface area (Å²) in [6.45, 7) is 4.38. The molecule has 0 spiro atoms. The predicted molar refractivity (Wildman–Crippen MR) is 107 cm³/mol. The van der Waals surface area contributed by atoms with Crippen molar-refractivity contribution in [2.45, 2.75) is 19.8 Å². The zero-order valence-electron chi connectivity index (χ0n) is 14.6. The van der Waals surface area contributed by atoms with E-state index in [1.165, 1.54) is 5.56 Å². The molecular weight excluding hydrogens is 344 g/mol. The maximum absolute atomic E-state index is 6.38. The quantitative estimate of drug-likeness (QED) is 0.490. The lowest BCUT2D eigenvalue weighted by Gasteiger charge is -2.11. The zero-order chi connectivity index (χ0) is 18.1. The van der Waals surface area contributed by atoms with Gasteiger partial charge in [0.1, 0.15) is 5.82 Å². The van der Waals surface area contributed by atoms with Crippen molar-refractivity contribution in [3.63, 3.8) is 0 Å². The van der Waals surface area contributed by atoms with Gasteiger partial charge in [-0.2, -0.15) is 5.10 Å². The second-order valence-electron chi connectivity index (χ2n) is 6.54. The first kappa shape index (κ1) is 16.6. The molecule has 4 aromatic rings. The highest BCUT2D eigenvalue weighted by atomic mass is 35.5. The third kappa shape index (κ3) is 3.16. The van der Waals surface area contributed by atoms with Crippen LogP contribution in [-0.4, -0.2) is 14.6 Å². The third-order valence-corrected chi connectivity index (χ3v) is 4.70. The summed E-state index contributed by atoms with van der Waals surface area (Å²) in [5.41, 5.74) is 4.98. The van der Waals surface area contributed by atoms with Crippen LogP contribution in [0.2, 0.25) is 5.02 Å². The Morgan fingerprint density at radius 1 is 1.04 bits per heavy atom. The Morgan fingerprint density at radius 2 is 1.85 bits per heavy atom. The first-order valence-corrected chi connectivity index (χ1v) is 8.95. The summed E-state index contributed by atoms with van der Waals surface area (Å²) in [5, 5.41) is 8.81. The highest BCUT2D eigenvalue weighted by molar-refractivity contribution is 6.34. The van der Waals surface area contributed by atoms with Crippen LogP contribution in [0.15, 0.2) is 67.0 Å². The molecule has 0 radical (unpaired) electrons. The van der Waals surface area contributed by atoms with E-state index < -0.39 is 0 Å². The molecule has 3 heterocycles. The molecule has 4 nitrogen and oxygen atoms in total. The van der Waals surface area contributed by atoms with E-state index in [0.717, 1.165) is 28.3 Å². The molecule has 1 aromatic carbocycles. The molecule has 0 aliphatic heterocycles. The Labute approximate surface area is 157 Å². The van der Waals surface area contributed by atoms with Gasteiger partial charge >= 0.3 is 0 Å². The Balaban J connectivity index is 1.73. The summed E-state index contributed by atoms with van der Waals surface area (Å²) in [4.78, 5) is 4.17. The van der Waals surface area contributed by atoms with Gasteiger partial charge in [-0.3, -0.25) is 4.98 Å². The Hall–Kier alpha value is -2.85. The molecule has 0 amide bonds. The van der Waals surface area contributed by atoms with Crippen LogP contribution >= 0.6 is 11.6 Å². The Kier molecular flexibility index (Phi) is 4.35. The lowest BCUT2D eigenvalue weighted by Crippen LogP contribution is -2.00. The van der Waals surface area contributed by atoms with Crippen LogP contribution in [0, 0.1) is 0 Å². The van der Waals surface area contributed by atoms with E-state index >= 15 is 0 Å². The third-order valence-electron chi connectivity index (χ3n) is 4.38. The van der Waals surface area contributed by atoms with E-state index in [9.17, 15) is 0 Å². The molecule has 130 valence electrons. The van der Waals surface area contributed by atoms with Gasteiger partial charge in [0.2, 0.25) is 0 Å². The van der Waals surface area contributed by atoms with Gasteiger partial charge in [0, 0.05) is 23.6 Å². The van der Waals surface area contributed by atoms with Crippen molar-refractivity contribution in [3.05, 3.63) is 77.6 Å². The molecule has 26 heavy (non-hydrogen) atoms. The average Bonchev–Trinajstić information content (AvgIpc) is 3.12. The van der Waals surface area contributed by atoms with Crippen LogP contribution in [-0.2, 0) is 0 Å². The molecule has 4 rings (SSSR count). The zero-order valence-corrected chi connectivity index (χ0v) is 15.4. The number of rotatable bonds is 4. The van der Waals surface area contributed by atoms with Gasteiger partial charge in [-0.25, -0.2) is 4.52 Å². The van der Waals surface area contributed by atoms with E-state index in [1.54, 1.807) is 12.4 Å². The fraction of sp³-hybridized carbons (Fsp3) is 0.143. The van der Waals surface area contributed by atoms with Gasteiger partial charge in [-0.1, -0.05) is 37.6 Å². The summed E-state index contributed by atoms with van der Waals surface area (Å²) in [5.74, 6) is 1.37. The number of fused-ring (bicyclic) bond motifs is 1. The first-order valence-electron chi connectivity index (χ1n) is 8.57. The van der Waals surface area contributed by atoms with Crippen LogP contribution in [0.5, 0.6) is 0 Å². The number of hydrogen-bond acceptors (Lipinski definition) is 3. The average molecular weight is 363 g/mol. The highest BCUT2D eigenvalue weighted by Crippen LogP contribution is 2.28. The van der Waals surface area contributed by atoms with Crippen molar-refractivity contribution in [1.82, 2.24) is 14.6 Å². The van der Waals surface area contributed by atoms with Gasteiger partial charge in [0.25, 0.3) is 0 Å². The molecule has 5 heteroatoms. The number of aromatic nitrogens is 3. The molecule has 0 atom stereocenters. The van der Waals surface area contributed by atoms with Crippen LogP contribution in [0.4, 0.5) is 11.5 Å². The minimum absolute atomic E-state index is 0.513. The van der Waals surface area contributed by atoms with Crippen molar-refractivity contribution in [1.29, 1.82) is 0 Å². The molecule has 0 fully saturated rings. The van der Waals surface area contributed by atoms with Gasteiger partial charge in [-0.15, -0.1) is 0 Å². The second kappa shape index (κ2) is 6.81. The fourth-order valence-electron chi connectivity index (χ4n) is 2.89. The molecule has 0 aliphatic carbocycles. The topological polar surface area (TPSA) is 42.2 Å². The van der Waals surface area contributed by atoms with Crippen molar-refractivity contribution >= 4 is 28.6 Å². The number of nitrogens with zero attached hydrogens (tertiary/aromatic N) is 3.